The molecule has 38 heavy (non-hydrogen) atoms. The van der Waals surface area contributed by atoms with Crippen molar-refractivity contribution in [3.63, 3.8) is 0 Å². The number of hydrogen-bond acceptors (Lipinski definition) is 7. The zero-order valence-electron chi connectivity index (χ0n) is 21.3. The van der Waals surface area contributed by atoms with Crippen LogP contribution in [0.2, 0.25) is 0 Å². The normalized spacial score (nSPS) is 15.2. The summed E-state index contributed by atoms with van der Waals surface area (Å²) < 4.78 is 35.7. The number of aromatic nitrogens is 4. The summed E-state index contributed by atoms with van der Waals surface area (Å²) in [7, 11) is -1.95. The lowest BCUT2D eigenvalue weighted by atomic mass is 10.2. The maximum absolute atomic E-state index is 13.4. The fourth-order valence-corrected chi connectivity index (χ4v) is 6.37. The summed E-state index contributed by atoms with van der Waals surface area (Å²) in [4.78, 5) is 7.49. The number of anilines is 1. The number of nitrogens with zero attached hydrogens (tertiary/aromatic N) is 6. The molecule has 0 unspecified atom stereocenters. The molecule has 0 N–H and O–H groups in total. The summed E-state index contributed by atoms with van der Waals surface area (Å²) in [6, 6.07) is 22.6. The predicted molar refractivity (Wildman–Crippen MR) is 147 cm³/mol. The van der Waals surface area contributed by atoms with Crippen molar-refractivity contribution < 1.29 is 13.2 Å². The van der Waals surface area contributed by atoms with Crippen molar-refractivity contribution in [1.29, 1.82) is 0 Å². The number of hydrogen-bond donors (Lipinski definition) is 0. The molecule has 5 aromatic rings. The van der Waals surface area contributed by atoms with E-state index < -0.39 is 10.0 Å². The van der Waals surface area contributed by atoms with Crippen molar-refractivity contribution in [2.45, 2.75) is 18.2 Å². The Morgan fingerprint density at radius 1 is 0.842 bits per heavy atom. The molecule has 6 rings (SSSR count). The molecule has 1 aliphatic heterocycles. The summed E-state index contributed by atoms with van der Waals surface area (Å²) in [5, 5.41) is 10.0. The van der Waals surface area contributed by atoms with Gasteiger partial charge in [0.2, 0.25) is 16.0 Å². The van der Waals surface area contributed by atoms with Gasteiger partial charge in [0.25, 0.3) is 0 Å². The number of para-hydroxylation sites is 1. The van der Waals surface area contributed by atoms with E-state index in [-0.39, 0.29) is 0 Å². The molecule has 9 nitrogen and oxygen atoms in total. The van der Waals surface area contributed by atoms with E-state index >= 15 is 0 Å². The van der Waals surface area contributed by atoms with E-state index in [0.717, 1.165) is 27.8 Å². The predicted octanol–water partition coefficient (Wildman–Crippen LogP) is 4.16. The lowest BCUT2D eigenvalue weighted by molar-refractivity contribution is 0.415. The molecule has 0 radical (unpaired) electrons. The second kappa shape index (κ2) is 9.70. The molecular formula is C28H28N6O3S. The van der Waals surface area contributed by atoms with Crippen LogP contribution in [0, 0.1) is 6.92 Å². The van der Waals surface area contributed by atoms with Crippen LogP contribution in [0.5, 0.6) is 5.75 Å². The number of sulfonamides is 1. The third-order valence-corrected chi connectivity index (χ3v) is 8.89. The van der Waals surface area contributed by atoms with Gasteiger partial charge in [0.15, 0.2) is 11.5 Å². The molecule has 1 saturated heterocycles. The maximum atomic E-state index is 13.4. The van der Waals surface area contributed by atoms with E-state index in [9.17, 15) is 8.42 Å². The van der Waals surface area contributed by atoms with Crippen LogP contribution in [-0.4, -0.2) is 65.6 Å². The van der Waals surface area contributed by atoms with Crippen molar-refractivity contribution in [2.75, 3.05) is 38.2 Å². The minimum absolute atomic E-state index is 0.323. The molecule has 0 spiro atoms. The first-order chi connectivity index (χ1) is 18.5. The molecule has 1 fully saturated rings. The van der Waals surface area contributed by atoms with Crippen molar-refractivity contribution in [3.05, 3.63) is 78.4 Å². The van der Waals surface area contributed by atoms with Crippen LogP contribution >= 0.6 is 0 Å². The minimum Gasteiger partial charge on any atom is -0.497 e. The largest absolute Gasteiger partial charge is 0.497 e. The fraction of sp³-hybridized carbons (Fsp3) is 0.250. The lowest BCUT2D eigenvalue weighted by Crippen LogP contribution is -2.36. The summed E-state index contributed by atoms with van der Waals surface area (Å²) in [5.41, 5.74) is 3.44. The van der Waals surface area contributed by atoms with Gasteiger partial charge in [-0.3, -0.25) is 0 Å². The highest BCUT2D eigenvalue weighted by molar-refractivity contribution is 7.89. The van der Waals surface area contributed by atoms with Gasteiger partial charge in [-0.1, -0.05) is 29.8 Å². The van der Waals surface area contributed by atoms with Gasteiger partial charge < -0.3 is 9.64 Å². The Balaban J connectivity index is 1.40. The van der Waals surface area contributed by atoms with Crippen molar-refractivity contribution in [3.8, 4) is 17.1 Å². The molecule has 0 amide bonds. The van der Waals surface area contributed by atoms with Gasteiger partial charge >= 0.3 is 0 Å². The van der Waals surface area contributed by atoms with Gasteiger partial charge in [-0.15, -0.1) is 10.2 Å². The van der Waals surface area contributed by atoms with E-state index in [1.54, 1.807) is 23.5 Å². The number of ether oxygens (including phenoxy) is 1. The highest BCUT2D eigenvalue weighted by atomic mass is 32.2. The van der Waals surface area contributed by atoms with Crippen LogP contribution in [-0.2, 0) is 10.0 Å². The third kappa shape index (κ3) is 4.25. The SMILES string of the molecule is COc1ccc(-c2nnc3c4ccccc4nc(N4CCCN(S(=O)(=O)c5ccc(C)cc5)CC4)n23)cc1. The summed E-state index contributed by atoms with van der Waals surface area (Å²) in [6.45, 7) is 3.89. The average Bonchev–Trinajstić information content (AvgIpc) is 3.23. The molecule has 0 atom stereocenters. The fourth-order valence-electron chi connectivity index (χ4n) is 4.90. The van der Waals surface area contributed by atoms with E-state index in [0.29, 0.717) is 54.9 Å². The van der Waals surface area contributed by atoms with Gasteiger partial charge in [-0.2, -0.15) is 4.31 Å². The van der Waals surface area contributed by atoms with Crippen LogP contribution in [0.3, 0.4) is 0 Å². The van der Waals surface area contributed by atoms with E-state index in [1.807, 2.05) is 72.0 Å². The molecule has 3 aromatic carbocycles. The molecule has 0 saturated carbocycles. The first-order valence-corrected chi connectivity index (χ1v) is 14.0. The van der Waals surface area contributed by atoms with Crippen LogP contribution < -0.4 is 9.64 Å². The Kier molecular flexibility index (Phi) is 6.21. The van der Waals surface area contributed by atoms with Gasteiger partial charge in [-0.25, -0.2) is 17.8 Å². The number of fused-ring (bicyclic) bond motifs is 3. The molecule has 194 valence electrons. The minimum atomic E-state index is -3.59. The molecule has 0 bridgehead atoms. The molecule has 2 aromatic heterocycles. The quantitative estimate of drug-likeness (QED) is 0.338. The smallest absolute Gasteiger partial charge is 0.243 e. The number of aryl methyl sites for hydroxylation is 1. The highest BCUT2D eigenvalue weighted by Crippen LogP contribution is 2.30. The zero-order valence-corrected chi connectivity index (χ0v) is 22.1. The Labute approximate surface area is 221 Å². The van der Waals surface area contributed by atoms with Crippen molar-refractivity contribution in [1.82, 2.24) is 23.9 Å². The Morgan fingerprint density at radius 2 is 1.61 bits per heavy atom. The maximum Gasteiger partial charge on any atom is 0.243 e. The van der Waals surface area contributed by atoms with Crippen LogP contribution in [0.15, 0.2) is 77.7 Å². The number of benzene rings is 3. The van der Waals surface area contributed by atoms with Gasteiger partial charge in [0, 0.05) is 37.1 Å². The van der Waals surface area contributed by atoms with Crippen LogP contribution in [0.25, 0.3) is 27.9 Å². The number of rotatable bonds is 5. The number of methoxy groups -OCH3 is 1. The average molecular weight is 529 g/mol. The Bertz CT molecular complexity index is 1720. The van der Waals surface area contributed by atoms with Crippen molar-refractivity contribution >= 4 is 32.5 Å². The van der Waals surface area contributed by atoms with Crippen molar-refractivity contribution in [2.24, 2.45) is 0 Å². The molecule has 10 heteroatoms. The Hall–Kier alpha value is -4.02. The lowest BCUT2D eigenvalue weighted by Gasteiger charge is -2.24. The standard InChI is InChI=1S/C28H28N6O3S/c1-20-8-14-23(15-9-20)38(35,36)33-17-5-16-32(18-19-33)28-29-25-7-4-3-6-24(25)27-31-30-26(34(27)28)21-10-12-22(37-2)13-11-21/h3-4,6-15H,5,16-19H2,1-2H3. The van der Waals surface area contributed by atoms with Crippen LogP contribution in [0.1, 0.15) is 12.0 Å². The van der Waals surface area contributed by atoms with E-state index in [1.165, 1.54) is 0 Å². The summed E-state index contributed by atoms with van der Waals surface area (Å²) in [6.07, 6.45) is 0.668. The van der Waals surface area contributed by atoms with Gasteiger partial charge in [-0.05, 0) is 61.9 Å². The van der Waals surface area contributed by atoms with Gasteiger partial charge in [0.1, 0.15) is 5.75 Å². The van der Waals surface area contributed by atoms with E-state index in [2.05, 4.69) is 15.1 Å². The van der Waals surface area contributed by atoms with Crippen LogP contribution in [0.4, 0.5) is 5.95 Å². The molecule has 3 heterocycles. The summed E-state index contributed by atoms with van der Waals surface area (Å²) in [5.74, 6) is 2.13. The first-order valence-electron chi connectivity index (χ1n) is 12.6. The monoisotopic (exact) mass is 528 g/mol. The molecule has 0 aliphatic carbocycles. The molecule has 1 aliphatic rings. The highest BCUT2D eigenvalue weighted by Gasteiger charge is 2.29. The zero-order chi connectivity index (χ0) is 26.3. The van der Waals surface area contributed by atoms with E-state index in [4.69, 9.17) is 9.72 Å². The third-order valence-electron chi connectivity index (χ3n) is 6.97. The molecular weight excluding hydrogens is 500 g/mol. The second-order valence-corrected chi connectivity index (χ2v) is 11.3. The first kappa shape index (κ1) is 24.3. The Morgan fingerprint density at radius 3 is 2.37 bits per heavy atom. The second-order valence-electron chi connectivity index (χ2n) is 9.40. The topological polar surface area (TPSA) is 92.9 Å². The van der Waals surface area contributed by atoms with Gasteiger partial charge in [0.05, 0.1) is 17.5 Å². The summed E-state index contributed by atoms with van der Waals surface area (Å²) >= 11 is 0.